The number of hydrogen-bond donors (Lipinski definition) is 1. The number of aryl methyl sites for hydroxylation is 2. The van der Waals surface area contributed by atoms with Gasteiger partial charge in [0, 0.05) is 6.54 Å². The summed E-state index contributed by atoms with van der Waals surface area (Å²) in [6, 6.07) is 12.5. The van der Waals surface area contributed by atoms with E-state index in [-0.39, 0.29) is 11.7 Å². The first kappa shape index (κ1) is 15.2. The minimum absolute atomic E-state index is 0.0177. The minimum atomic E-state index is -0.238. The largest absolute Gasteiger partial charge is 0.355 e. The van der Waals surface area contributed by atoms with Crippen LogP contribution in [0.2, 0.25) is 0 Å². The molecule has 110 valence electrons. The fourth-order valence-electron chi connectivity index (χ4n) is 2.28. The second kappa shape index (κ2) is 7.02. The van der Waals surface area contributed by atoms with E-state index in [0.717, 1.165) is 16.7 Å². The maximum absolute atomic E-state index is 12.8. The lowest BCUT2D eigenvalue weighted by Crippen LogP contribution is -2.27. The molecule has 0 fully saturated rings. The van der Waals surface area contributed by atoms with Crippen LogP contribution in [0.15, 0.2) is 42.5 Å². The van der Waals surface area contributed by atoms with E-state index in [1.165, 1.54) is 17.7 Å². The van der Waals surface area contributed by atoms with Gasteiger partial charge in [-0.15, -0.1) is 0 Å². The van der Waals surface area contributed by atoms with Crippen LogP contribution < -0.4 is 5.32 Å². The lowest BCUT2D eigenvalue weighted by atomic mass is 10.0. The Labute approximate surface area is 125 Å². The molecule has 0 atom stereocenters. The summed E-state index contributed by atoms with van der Waals surface area (Å²) in [6.07, 6.45) is 1.11. The molecule has 3 heteroatoms. The highest BCUT2D eigenvalue weighted by atomic mass is 19.1. The van der Waals surface area contributed by atoms with Gasteiger partial charge in [0.1, 0.15) is 5.82 Å². The Kier molecular flexibility index (Phi) is 5.09. The summed E-state index contributed by atoms with van der Waals surface area (Å²) in [7, 11) is 0. The van der Waals surface area contributed by atoms with Gasteiger partial charge >= 0.3 is 0 Å². The van der Waals surface area contributed by atoms with E-state index in [0.29, 0.717) is 19.4 Å². The molecule has 1 amide bonds. The lowest BCUT2D eigenvalue weighted by Gasteiger charge is -2.08. The Hall–Kier alpha value is -2.16. The topological polar surface area (TPSA) is 29.1 Å². The summed E-state index contributed by atoms with van der Waals surface area (Å²) in [5.74, 6) is -0.221. The first-order chi connectivity index (χ1) is 10.0. The third kappa shape index (κ3) is 4.71. The van der Waals surface area contributed by atoms with Crippen molar-refractivity contribution < 1.29 is 9.18 Å². The Morgan fingerprint density at radius 1 is 1.10 bits per heavy atom. The van der Waals surface area contributed by atoms with Crippen LogP contribution in [0, 0.1) is 19.7 Å². The molecule has 2 nitrogen and oxygen atoms in total. The summed E-state index contributed by atoms with van der Waals surface area (Å²) in [6.45, 7) is 4.63. The van der Waals surface area contributed by atoms with Gasteiger partial charge in [0.25, 0.3) is 0 Å². The van der Waals surface area contributed by atoms with E-state index < -0.39 is 0 Å². The summed E-state index contributed by atoms with van der Waals surface area (Å²) in [5, 5.41) is 2.90. The van der Waals surface area contributed by atoms with Crippen molar-refractivity contribution in [2.75, 3.05) is 6.54 Å². The van der Waals surface area contributed by atoms with Crippen LogP contribution in [0.5, 0.6) is 0 Å². The standard InChI is InChI=1S/C18H20FNO/c1-13-3-6-16(14(2)11-13)12-18(21)20-10-9-15-4-7-17(19)8-5-15/h3-8,11H,9-10,12H2,1-2H3,(H,20,21). The third-order valence-corrected chi connectivity index (χ3v) is 3.50. The zero-order valence-corrected chi connectivity index (χ0v) is 12.4. The quantitative estimate of drug-likeness (QED) is 0.897. The Morgan fingerprint density at radius 2 is 1.81 bits per heavy atom. The molecule has 0 aliphatic rings. The number of carbonyl (C=O) groups is 1. The van der Waals surface area contributed by atoms with Crippen LogP contribution in [0.25, 0.3) is 0 Å². The Balaban J connectivity index is 1.81. The zero-order valence-electron chi connectivity index (χ0n) is 12.4. The monoisotopic (exact) mass is 285 g/mol. The minimum Gasteiger partial charge on any atom is -0.355 e. The van der Waals surface area contributed by atoms with Gasteiger partial charge in [-0.3, -0.25) is 4.79 Å². The van der Waals surface area contributed by atoms with E-state index in [1.807, 2.05) is 26.0 Å². The third-order valence-electron chi connectivity index (χ3n) is 3.50. The molecule has 1 N–H and O–H groups in total. The smallest absolute Gasteiger partial charge is 0.224 e. The van der Waals surface area contributed by atoms with Crippen molar-refractivity contribution >= 4 is 5.91 Å². The first-order valence-corrected chi connectivity index (χ1v) is 7.12. The average Bonchev–Trinajstić information content (AvgIpc) is 2.44. The van der Waals surface area contributed by atoms with Crippen LogP contribution in [-0.4, -0.2) is 12.5 Å². The Morgan fingerprint density at radius 3 is 2.48 bits per heavy atom. The molecule has 0 aromatic heterocycles. The molecule has 0 bridgehead atoms. The zero-order chi connectivity index (χ0) is 15.2. The number of rotatable bonds is 5. The predicted molar refractivity (Wildman–Crippen MR) is 82.7 cm³/mol. The van der Waals surface area contributed by atoms with Gasteiger partial charge in [0.05, 0.1) is 6.42 Å². The number of carbonyl (C=O) groups excluding carboxylic acids is 1. The van der Waals surface area contributed by atoms with E-state index in [1.54, 1.807) is 12.1 Å². The average molecular weight is 285 g/mol. The van der Waals surface area contributed by atoms with E-state index in [2.05, 4.69) is 11.4 Å². The molecule has 0 aliphatic carbocycles. The van der Waals surface area contributed by atoms with Crippen molar-refractivity contribution in [3.05, 3.63) is 70.5 Å². The molecule has 0 saturated heterocycles. The second-order valence-electron chi connectivity index (χ2n) is 5.33. The molecule has 0 unspecified atom stereocenters. The first-order valence-electron chi connectivity index (χ1n) is 7.12. The van der Waals surface area contributed by atoms with Crippen LogP contribution in [0.3, 0.4) is 0 Å². The molecule has 0 saturated carbocycles. The van der Waals surface area contributed by atoms with Crippen LogP contribution in [-0.2, 0) is 17.6 Å². The molecule has 0 radical (unpaired) electrons. The van der Waals surface area contributed by atoms with Gasteiger partial charge in [-0.2, -0.15) is 0 Å². The van der Waals surface area contributed by atoms with Crippen molar-refractivity contribution in [2.45, 2.75) is 26.7 Å². The van der Waals surface area contributed by atoms with Gasteiger partial charge in [-0.25, -0.2) is 4.39 Å². The number of nitrogens with one attached hydrogen (secondary N) is 1. The van der Waals surface area contributed by atoms with Gasteiger partial charge in [-0.05, 0) is 49.1 Å². The fraction of sp³-hybridized carbons (Fsp3) is 0.278. The van der Waals surface area contributed by atoms with E-state index in [9.17, 15) is 9.18 Å². The number of hydrogen-bond acceptors (Lipinski definition) is 1. The highest BCUT2D eigenvalue weighted by Gasteiger charge is 2.05. The molecular weight excluding hydrogens is 265 g/mol. The van der Waals surface area contributed by atoms with Crippen LogP contribution in [0.4, 0.5) is 4.39 Å². The van der Waals surface area contributed by atoms with E-state index in [4.69, 9.17) is 0 Å². The van der Waals surface area contributed by atoms with Crippen molar-refractivity contribution in [1.82, 2.24) is 5.32 Å². The maximum Gasteiger partial charge on any atom is 0.224 e. The summed E-state index contributed by atoms with van der Waals surface area (Å²) >= 11 is 0. The molecule has 0 heterocycles. The SMILES string of the molecule is Cc1ccc(CC(=O)NCCc2ccc(F)cc2)c(C)c1. The van der Waals surface area contributed by atoms with Gasteiger partial charge in [0.15, 0.2) is 0 Å². The van der Waals surface area contributed by atoms with Gasteiger partial charge in [0.2, 0.25) is 5.91 Å². The maximum atomic E-state index is 12.8. The lowest BCUT2D eigenvalue weighted by molar-refractivity contribution is -0.120. The van der Waals surface area contributed by atoms with Gasteiger partial charge < -0.3 is 5.32 Å². The molecule has 21 heavy (non-hydrogen) atoms. The normalized spacial score (nSPS) is 10.4. The Bertz CT molecular complexity index is 620. The molecule has 0 aliphatic heterocycles. The van der Waals surface area contributed by atoms with Crippen LogP contribution >= 0.6 is 0 Å². The van der Waals surface area contributed by atoms with E-state index >= 15 is 0 Å². The second-order valence-corrected chi connectivity index (χ2v) is 5.33. The van der Waals surface area contributed by atoms with Crippen molar-refractivity contribution in [1.29, 1.82) is 0 Å². The van der Waals surface area contributed by atoms with Crippen LogP contribution in [0.1, 0.15) is 22.3 Å². The molecule has 0 spiro atoms. The summed E-state index contributed by atoms with van der Waals surface area (Å²) < 4.78 is 12.8. The number of amides is 1. The summed E-state index contributed by atoms with van der Waals surface area (Å²) in [5.41, 5.74) is 4.42. The fourth-order valence-corrected chi connectivity index (χ4v) is 2.28. The molecule has 2 rings (SSSR count). The van der Waals surface area contributed by atoms with Crippen molar-refractivity contribution in [3.8, 4) is 0 Å². The molecular formula is C18H20FNO. The molecule has 2 aromatic carbocycles. The number of halogens is 1. The molecule has 2 aromatic rings. The van der Waals surface area contributed by atoms with Crippen molar-refractivity contribution in [2.24, 2.45) is 0 Å². The van der Waals surface area contributed by atoms with Gasteiger partial charge in [-0.1, -0.05) is 35.9 Å². The highest BCUT2D eigenvalue weighted by molar-refractivity contribution is 5.78. The van der Waals surface area contributed by atoms with Crippen molar-refractivity contribution in [3.63, 3.8) is 0 Å². The predicted octanol–water partition coefficient (Wildman–Crippen LogP) is 3.34. The highest BCUT2D eigenvalue weighted by Crippen LogP contribution is 2.11. The number of benzene rings is 2. The summed E-state index contributed by atoms with van der Waals surface area (Å²) in [4.78, 5) is 11.9.